The van der Waals surface area contributed by atoms with Crippen molar-refractivity contribution in [3.8, 4) is 0 Å². The number of aliphatic imine (C=N–C) groups is 1. The van der Waals surface area contributed by atoms with Gasteiger partial charge in [-0.3, -0.25) is 9.59 Å². The topological polar surface area (TPSA) is 164 Å². The van der Waals surface area contributed by atoms with E-state index in [9.17, 15) is 24.1 Å². The molecular formula is C18H26FN7O4. The Kier molecular flexibility index (Phi) is 8.94. The number of guanidine groups is 1. The molecule has 1 aromatic carbocycles. The number of halogens is 1. The molecule has 30 heavy (non-hydrogen) atoms. The number of carbonyl (C=O) groups is 2. The number of hydrogen-bond acceptors (Lipinski definition) is 6. The van der Waals surface area contributed by atoms with Gasteiger partial charge in [0, 0.05) is 31.2 Å². The van der Waals surface area contributed by atoms with E-state index in [1.165, 1.54) is 24.3 Å². The SMILES string of the molecule is NC(=NCCCCCC(=O)N[C@@H]1CN[C@H](C(=O)Nc2ccc(F)cc2)C1)N[N+](=O)[O-]. The van der Waals surface area contributed by atoms with Crippen LogP contribution in [0.2, 0.25) is 0 Å². The van der Waals surface area contributed by atoms with Crippen LogP contribution in [-0.2, 0) is 9.59 Å². The van der Waals surface area contributed by atoms with E-state index in [0.29, 0.717) is 44.5 Å². The average molecular weight is 423 g/mol. The van der Waals surface area contributed by atoms with Crippen LogP contribution >= 0.6 is 0 Å². The highest BCUT2D eigenvalue weighted by molar-refractivity contribution is 5.95. The van der Waals surface area contributed by atoms with E-state index in [1.54, 1.807) is 5.43 Å². The van der Waals surface area contributed by atoms with E-state index in [1.807, 2.05) is 0 Å². The van der Waals surface area contributed by atoms with Crippen LogP contribution in [0, 0.1) is 15.9 Å². The number of nitrogens with two attached hydrogens (primary N) is 1. The lowest BCUT2D eigenvalue weighted by molar-refractivity contribution is -0.525. The molecule has 6 N–H and O–H groups in total. The molecule has 11 nitrogen and oxygen atoms in total. The van der Waals surface area contributed by atoms with Crippen molar-refractivity contribution < 1.29 is 19.0 Å². The minimum Gasteiger partial charge on any atom is -0.365 e. The Hall–Kier alpha value is -3.28. The molecule has 0 unspecified atom stereocenters. The van der Waals surface area contributed by atoms with Crippen molar-refractivity contribution in [3.63, 3.8) is 0 Å². The van der Waals surface area contributed by atoms with Crippen molar-refractivity contribution >= 4 is 23.5 Å². The molecule has 12 heteroatoms. The Bertz CT molecular complexity index is 772. The molecule has 0 bridgehead atoms. The Morgan fingerprint density at radius 2 is 2.00 bits per heavy atom. The number of unbranched alkanes of at least 4 members (excludes halogenated alkanes) is 2. The number of carbonyl (C=O) groups excluding carboxylic acids is 2. The second-order valence-corrected chi connectivity index (χ2v) is 6.90. The summed E-state index contributed by atoms with van der Waals surface area (Å²) in [4.78, 5) is 38.3. The first-order valence-electron chi connectivity index (χ1n) is 9.63. The summed E-state index contributed by atoms with van der Waals surface area (Å²) < 4.78 is 12.9. The van der Waals surface area contributed by atoms with Crippen LogP contribution in [0.15, 0.2) is 29.3 Å². The quantitative estimate of drug-likeness (QED) is 0.118. The smallest absolute Gasteiger partial charge is 0.251 e. The van der Waals surface area contributed by atoms with Crippen molar-refractivity contribution in [1.82, 2.24) is 16.1 Å². The predicted molar refractivity (Wildman–Crippen MR) is 108 cm³/mol. The van der Waals surface area contributed by atoms with Gasteiger partial charge in [0.25, 0.3) is 5.96 Å². The summed E-state index contributed by atoms with van der Waals surface area (Å²) in [6.07, 6.45) is 2.85. The minimum absolute atomic E-state index is 0.0978. The molecule has 1 saturated heterocycles. The summed E-state index contributed by atoms with van der Waals surface area (Å²) in [6.45, 7) is 0.830. The standard InChI is InChI=1S/C18H26FN7O4/c19-12-5-7-13(8-6-12)24-17(28)15-10-14(11-22-15)23-16(27)4-2-1-3-9-21-18(20)25-26(29)30/h5-8,14-15,22H,1-4,9-11H2,(H,23,27)(H,24,28)(H3,20,21,25)/t14-,15-/m0/s1. The van der Waals surface area contributed by atoms with Crippen molar-refractivity contribution in [2.24, 2.45) is 10.7 Å². The molecule has 0 radical (unpaired) electrons. The van der Waals surface area contributed by atoms with Gasteiger partial charge < -0.3 is 21.7 Å². The molecule has 0 aliphatic carbocycles. The van der Waals surface area contributed by atoms with Gasteiger partial charge in [-0.2, -0.15) is 0 Å². The maximum Gasteiger partial charge on any atom is 0.251 e. The van der Waals surface area contributed by atoms with Gasteiger partial charge in [-0.1, -0.05) is 11.8 Å². The van der Waals surface area contributed by atoms with Gasteiger partial charge in [-0.25, -0.2) is 19.5 Å². The third-order valence-corrected chi connectivity index (χ3v) is 4.47. The Morgan fingerprint density at radius 3 is 2.70 bits per heavy atom. The zero-order chi connectivity index (χ0) is 21.9. The van der Waals surface area contributed by atoms with Crippen LogP contribution in [0.25, 0.3) is 0 Å². The number of nitrogens with zero attached hydrogens (tertiary/aromatic N) is 2. The molecule has 1 fully saturated rings. The molecule has 164 valence electrons. The third-order valence-electron chi connectivity index (χ3n) is 4.47. The number of hydrogen-bond donors (Lipinski definition) is 5. The fourth-order valence-electron chi connectivity index (χ4n) is 3.01. The zero-order valence-electron chi connectivity index (χ0n) is 16.4. The molecule has 2 atom stereocenters. The molecule has 2 rings (SSSR count). The van der Waals surface area contributed by atoms with Gasteiger partial charge in [0.2, 0.25) is 11.8 Å². The van der Waals surface area contributed by atoms with Crippen molar-refractivity contribution in [2.45, 2.75) is 44.2 Å². The van der Waals surface area contributed by atoms with Crippen LogP contribution in [0.3, 0.4) is 0 Å². The fourth-order valence-corrected chi connectivity index (χ4v) is 3.01. The number of nitrogens with one attached hydrogen (secondary N) is 4. The van der Waals surface area contributed by atoms with Gasteiger partial charge in [0.15, 0.2) is 5.03 Å². The maximum atomic E-state index is 12.9. The molecule has 1 aliphatic rings. The van der Waals surface area contributed by atoms with Gasteiger partial charge in [-0.05, 0) is 43.5 Å². The van der Waals surface area contributed by atoms with Crippen LogP contribution in [0.5, 0.6) is 0 Å². The van der Waals surface area contributed by atoms with Crippen LogP contribution in [0.4, 0.5) is 10.1 Å². The van der Waals surface area contributed by atoms with Gasteiger partial charge in [0.05, 0.1) is 6.04 Å². The number of hydrazine groups is 1. The Balaban J connectivity index is 1.59. The lowest BCUT2D eigenvalue weighted by Gasteiger charge is -2.13. The molecule has 0 aromatic heterocycles. The summed E-state index contributed by atoms with van der Waals surface area (Å²) in [6, 6.07) is 4.94. The summed E-state index contributed by atoms with van der Waals surface area (Å²) in [5, 5.41) is 18.1. The summed E-state index contributed by atoms with van der Waals surface area (Å²) in [7, 11) is 0. The van der Waals surface area contributed by atoms with E-state index in [4.69, 9.17) is 5.73 Å². The van der Waals surface area contributed by atoms with Crippen molar-refractivity contribution in [2.75, 3.05) is 18.4 Å². The highest BCUT2D eigenvalue weighted by atomic mass is 19.1. The molecule has 0 spiro atoms. The van der Waals surface area contributed by atoms with E-state index in [0.717, 1.165) is 6.42 Å². The zero-order valence-corrected chi connectivity index (χ0v) is 16.4. The molecule has 2 amide bonds. The van der Waals surface area contributed by atoms with Crippen molar-refractivity contribution in [1.29, 1.82) is 0 Å². The number of rotatable bonds is 10. The molecular weight excluding hydrogens is 397 g/mol. The predicted octanol–water partition coefficient (Wildman–Crippen LogP) is 0.267. The number of amides is 2. The van der Waals surface area contributed by atoms with E-state index < -0.39 is 11.1 Å². The van der Waals surface area contributed by atoms with Gasteiger partial charge in [-0.15, -0.1) is 0 Å². The second-order valence-electron chi connectivity index (χ2n) is 6.90. The van der Waals surface area contributed by atoms with Crippen molar-refractivity contribution in [3.05, 3.63) is 40.2 Å². The highest BCUT2D eigenvalue weighted by Gasteiger charge is 2.30. The fraction of sp³-hybridized carbons (Fsp3) is 0.500. The molecule has 1 aliphatic heterocycles. The first-order chi connectivity index (χ1) is 14.3. The van der Waals surface area contributed by atoms with E-state index in [-0.39, 0.29) is 29.6 Å². The number of benzene rings is 1. The summed E-state index contributed by atoms with van der Waals surface area (Å²) in [5.74, 6) is -0.952. The van der Waals surface area contributed by atoms with Gasteiger partial charge in [0.1, 0.15) is 5.82 Å². The van der Waals surface area contributed by atoms with E-state index >= 15 is 0 Å². The largest absolute Gasteiger partial charge is 0.365 e. The molecule has 1 aromatic rings. The minimum atomic E-state index is -0.780. The Morgan fingerprint density at radius 1 is 1.27 bits per heavy atom. The summed E-state index contributed by atoms with van der Waals surface area (Å²) >= 11 is 0. The van der Waals surface area contributed by atoms with Gasteiger partial charge >= 0.3 is 0 Å². The number of nitro groups is 1. The lowest BCUT2D eigenvalue weighted by atomic mass is 10.1. The van der Waals surface area contributed by atoms with Crippen LogP contribution < -0.4 is 27.1 Å². The Labute approximate surface area is 172 Å². The monoisotopic (exact) mass is 423 g/mol. The number of anilines is 1. The van der Waals surface area contributed by atoms with Crippen LogP contribution in [-0.4, -0.2) is 48.0 Å². The maximum absolute atomic E-state index is 12.9. The normalized spacial score (nSPS) is 18.6. The average Bonchev–Trinajstić information content (AvgIpc) is 3.14. The molecule has 1 heterocycles. The second kappa shape index (κ2) is 11.7. The van der Waals surface area contributed by atoms with Crippen LogP contribution in [0.1, 0.15) is 32.1 Å². The summed E-state index contributed by atoms with van der Waals surface area (Å²) in [5.41, 5.74) is 7.56. The van der Waals surface area contributed by atoms with E-state index in [2.05, 4.69) is 20.9 Å². The lowest BCUT2D eigenvalue weighted by Crippen LogP contribution is -2.36. The third kappa shape index (κ3) is 8.39. The molecule has 0 saturated carbocycles. The first-order valence-corrected chi connectivity index (χ1v) is 9.63. The highest BCUT2D eigenvalue weighted by Crippen LogP contribution is 2.13. The first kappa shape index (κ1) is 23.0.